The number of carbonyl (C=O) groups excluding carboxylic acids is 4. The number of imide groups is 1. The zero-order valence-electron chi connectivity index (χ0n) is 16.4. The molecule has 0 radical (unpaired) electrons. The lowest BCUT2D eigenvalue weighted by atomic mass is 10.1. The Balaban J connectivity index is 1.48. The minimum atomic E-state index is -0.470. The number of ether oxygens (including phenoxy) is 1. The van der Waals surface area contributed by atoms with Crippen molar-refractivity contribution in [2.24, 2.45) is 0 Å². The summed E-state index contributed by atoms with van der Waals surface area (Å²) in [5.74, 6) is -1.11. The van der Waals surface area contributed by atoms with Gasteiger partial charge < -0.3 is 15.4 Å². The zero-order valence-corrected chi connectivity index (χ0v) is 16.4. The molecule has 4 amide bonds. The van der Waals surface area contributed by atoms with E-state index in [4.69, 9.17) is 4.74 Å². The molecule has 2 aromatic rings. The molecule has 8 nitrogen and oxygen atoms in total. The number of carbonyl (C=O) groups is 4. The van der Waals surface area contributed by atoms with Crippen LogP contribution in [0, 0.1) is 0 Å². The van der Waals surface area contributed by atoms with Gasteiger partial charge in [-0.25, -0.2) is 0 Å². The van der Waals surface area contributed by atoms with Crippen LogP contribution in [0.3, 0.4) is 0 Å². The highest BCUT2D eigenvalue weighted by Gasteiger charge is 2.35. The Bertz CT molecular complexity index is 1010. The number of hydrogen-bond acceptors (Lipinski definition) is 5. The van der Waals surface area contributed by atoms with Crippen LogP contribution in [-0.2, 0) is 11.3 Å². The normalized spacial score (nSPS) is 15.0. The molecular formula is C22H21N3O5. The fraction of sp³-hybridized carbons (Fsp3) is 0.273. The molecule has 154 valence electrons. The number of rotatable bonds is 7. The van der Waals surface area contributed by atoms with Gasteiger partial charge in [-0.3, -0.25) is 24.1 Å². The molecule has 1 aliphatic heterocycles. The van der Waals surface area contributed by atoms with E-state index in [2.05, 4.69) is 10.6 Å². The van der Waals surface area contributed by atoms with Crippen LogP contribution < -0.4 is 15.4 Å². The van der Waals surface area contributed by atoms with E-state index in [1.165, 1.54) is 7.11 Å². The standard InChI is InChI=1S/C22H21N3O5/c1-30-18-9-6-13(10-17(18)20(27)23-11-19(26)24-14-7-8-14)12-25-21(28)15-4-2-3-5-16(15)22(25)29/h2-6,9-10,14H,7-8,11-12H2,1H3,(H,23,27)(H,24,26). The summed E-state index contributed by atoms with van der Waals surface area (Å²) >= 11 is 0. The summed E-state index contributed by atoms with van der Waals surface area (Å²) in [7, 11) is 1.44. The van der Waals surface area contributed by atoms with Crippen LogP contribution in [0.4, 0.5) is 0 Å². The Hall–Kier alpha value is -3.68. The Kier molecular flexibility index (Phi) is 5.22. The molecule has 2 aromatic carbocycles. The number of nitrogens with one attached hydrogen (secondary N) is 2. The van der Waals surface area contributed by atoms with E-state index < -0.39 is 5.91 Å². The maximum Gasteiger partial charge on any atom is 0.261 e. The van der Waals surface area contributed by atoms with Gasteiger partial charge in [0.05, 0.1) is 36.9 Å². The van der Waals surface area contributed by atoms with E-state index in [0.717, 1.165) is 17.7 Å². The molecule has 8 heteroatoms. The maximum atomic E-state index is 12.6. The lowest BCUT2D eigenvalue weighted by molar-refractivity contribution is -0.120. The maximum absolute atomic E-state index is 12.6. The van der Waals surface area contributed by atoms with E-state index in [1.807, 2.05) is 0 Å². The predicted molar refractivity (Wildman–Crippen MR) is 107 cm³/mol. The van der Waals surface area contributed by atoms with Gasteiger partial charge in [-0.15, -0.1) is 0 Å². The second-order valence-corrected chi connectivity index (χ2v) is 7.30. The number of benzene rings is 2. The quantitative estimate of drug-likeness (QED) is 0.677. The predicted octanol–water partition coefficient (Wildman–Crippen LogP) is 1.50. The van der Waals surface area contributed by atoms with Crippen molar-refractivity contribution in [2.45, 2.75) is 25.4 Å². The molecule has 1 saturated carbocycles. The van der Waals surface area contributed by atoms with Crippen molar-refractivity contribution in [3.63, 3.8) is 0 Å². The van der Waals surface area contributed by atoms with Crippen LogP contribution in [0.1, 0.15) is 49.5 Å². The smallest absolute Gasteiger partial charge is 0.261 e. The van der Waals surface area contributed by atoms with Crippen molar-refractivity contribution < 1.29 is 23.9 Å². The van der Waals surface area contributed by atoms with Crippen LogP contribution in [-0.4, -0.2) is 48.2 Å². The van der Waals surface area contributed by atoms with Crippen molar-refractivity contribution in [3.8, 4) is 5.75 Å². The van der Waals surface area contributed by atoms with E-state index in [-0.39, 0.29) is 42.4 Å². The SMILES string of the molecule is COc1ccc(CN2C(=O)c3ccccc3C2=O)cc1C(=O)NCC(=O)NC1CC1. The summed E-state index contributed by atoms with van der Waals surface area (Å²) in [6.07, 6.45) is 1.93. The molecule has 1 aliphatic carbocycles. The number of methoxy groups -OCH3 is 1. The highest BCUT2D eigenvalue weighted by Crippen LogP contribution is 2.26. The molecule has 1 heterocycles. The van der Waals surface area contributed by atoms with Gasteiger partial charge in [-0.1, -0.05) is 18.2 Å². The third-order valence-corrected chi connectivity index (χ3v) is 5.08. The average molecular weight is 407 g/mol. The summed E-state index contributed by atoms with van der Waals surface area (Å²) < 4.78 is 5.26. The van der Waals surface area contributed by atoms with Crippen molar-refractivity contribution in [1.82, 2.24) is 15.5 Å². The highest BCUT2D eigenvalue weighted by atomic mass is 16.5. The van der Waals surface area contributed by atoms with Crippen LogP contribution in [0.15, 0.2) is 42.5 Å². The number of nitrogens with zero attached hydrogens (tertiary/aromatic N) is 1. The second-order valence-electron chi connectivity index (χ2n) is 7.30. The molecule has 2 aliphatic rings. The third kappa shape index (κ3) is 3.89. The first kappa shape index (κ1) is 19.6. The summed E-state index contributed by atoms with van der Waals surface area (Å²) in [6.45, 7) is -0.111. The van der Waals surface area contributed by atoms with E-state index in [0.29, 0.717) is 22.4 Å². The van der Waals surface area contributed by atoms with Gasteiger partial charge in [0, 0.05) is 6.04 Å². The Morgan fingerprint density at radius 2 is 1.73 bits per heavy atom. The first-order valence-electron chi connectivity index (χ1n) is 9.67. The fourth-order valence-electron chi connectivity index (χ4n) is 3.36. The van der Waals surface area contributed by atoms with Crippen molar-refractivity contribution >= 4 is 23.6 Å². The molecule has 2 N–H and O–H groups in total. The van der Waals surface area contributed by atoms with Crippen molar-refractivity contribution in [1.29, 1.82) is 0 Å². The Morgan fingerprint density at radius 3 is 2.33 bits per heavy atom. The number of amides is 4. The molecule has 0 saturated heterocycles. The molecule has 0 spiro atoms. The lowest BCUT2D eigenvalue weighted by Gasteiger charge is -2.16. The first-order chi connectivity index (χ1) is 14.5. The second kappa shape index (κ2) is 7.98. The van der Waals surface area contributed by atoms with Gasteiger partial charge in [0.25, 0.3) is 17.7 Å². The van der Waals surface area contributed by atoms with Crippen molar-refractivity contribution in [3.05, 3.63) is 64.7 Å². The summed E-state index contributed by atoms with van der Waals surface area (Å²) in [5.41, 5.74) is 1.56. The molecule has 0 atom stereocenters. The summed E-state index contributed by atoms with van der Waals surface area (Å²) in [4.78, 5) is 50.7. The van der Waals surface area contributed by atoms with Gasteiger partial charge in [0.15, 0.2) is 0 Å². The molecule has 0 aromatic heterocycles. The minimum Gasteiger partial charge on any atom is -0.496 e. The molecule has 1 fully saturated rings. The Labute approximate surface area is 173 Å². The van der Waals surface area contributed by atoms with Crippen LogP contribution >= 0.6 is 0 Å². The van der Waals surface area contributed by atoms with Crippen LogP contribution in [0.2, 0.25) is 0 Å². The van der Waals surface area contributed by atoms with Gasteiger partial charge in [-0.05, 0) is 42.7 Å². The van der Waals surface area contributed by atoms with Crippen LogP contribution in [0.25, 0.3) is 0 Å². The summed E-state index contributed by atoms with van der Waals surface area (Å²) in [5, 5.41) is 5.38. The van der Waals surface area contributed by atoms with Gasteiger partial charge in [0.2, 0.25) is 5.91 Å². The molecule has 0 bridgehead atoms. The number of hydrogen-bond donors (Lipinski definition) is 2. The number of fused-ring (bicyclic) bond motifs is 1. The largest absolute Gasteiger partial charge is 0.496 e. The third-order valence-electron chi connectivity index (χ3n) is 5.08. The first-order valence-corrected chi connectivity index (χ1v) is 9.67. The Morgan fingerprint density at radius 1 is 1.07 bits per heavy atom. The average Bonchev–Trinajstić information content (AvgIpc) is 3.54. The highest BCUT2D eigenvalue weighted by molar-refractivity contribution is 6.21. The molecule has 4 rings (SSSR count). The van der Waals surface area contributed by atoms with Gasteiger partial charge in [-0.2, -0.15) is 0 Å². The van der Waals surface area contributed by atoms with E-state index in [9.17, 15) is 19.2 Å². The van der Waals surface area contributed by atoms with Crippen molar-refractivity contribution in [2.75, 3.05) is 13.7 Å². The van der Waals surface area contributed by atoms with E-state index in [1.54, 1.807) is 42.5 Å². The molecule has 30 heavy (non-hydrogen) atoms. The summed E-state index contributed by atoms with van der Waals surface area (Å²) in [6, 6.07) is 11.7. The molecule has 0 unspecified atom stereocenters. The fourth-order valence-corrected chi connectivity index (χ4v) is 3.36. The minimum absolute atomic E-state index is 0.0266. The van der Waals surface area contributed by atoms with Gasteiger partial charge >= 0.3 is 0 Å². The monoisotopic (exact) mass is 407 g/mol. The van der Waals surface area contributed by atoms with Gasteiger partial charge in [0.1, 0.15) is 5.75 Å². The van der Waals surface area contributed by atoms with Crippen LogP contribution in [0.5, 0.6) is 5.75 Å². The topological polar surface area (TPSA) is 105 Å². The van der Waals surface area contributed by atoms with E-state index >= 15 is 0 Å². The molecular weight excluding hydrogens is 386 g/mol. The zero-order chi connectivity index (χ0) is 21.3. The lowest BCUT2D eigenvalue weighted by Crippen LogP contribution is -2.38.